The molecule has 2 amide bonds. The quantitative estimate of drug-likeness (QED) is 0.335. The van der Waals surface area contributed by atoms with Gasteiger partial charge in [0.05, 0.1) is 41.8 Å². The molecule has 4 aromatic rings. The van der Waals surface area contributed by atoms with Crippen LogP contribution in [0.15, 0.2) is 76.4 Å². The molecule has 1 saturated carbocycles. The van der Waals surface area contributed by atoms with E-state index in [9.17, 15) is 18.0 Å². The number of amides is 2. The average molecular weight is 576 g/mol. The van der Waals surface area contributed by atoms with Crippen molar-refractivity contribution in [1.29, 1.82) is 0 Å². The van der Waals surface area contributed by atoms with E-state index in [1.807, 2.05) is 16.7 Å². The maximum atomic E-state index is 13.5. The summed E-state index contributed by atoms with van der Waals surface area (Å²) in [6, 6.07) is 15.0. The lowest BCUT2D eigenvalue weighted by atomic mass is 9.82. The maximum absolute atomic E-state index is 13.5. The zero-order valence-electron chi connectivity index (χ0n) is 22.8. The van der Waals surface area contributed by atoms with Crippen LogP contribution in [0.25, 0.3) is 22.2 Å². The summed E-state index contributed by atoms with van der Waals surface area (Å²) in [6.07, 6.45) is 8.86. The van der Waals surface area contributed by atoms with E-state index >= 15 is 0 Å². The van der Waals surface area contributed by atoms with Crippen molar-refractivity contribution < 1.29 is 27.2 Å². The molecule has 0 spiro atoms. The van der Waals surface area contributed by atoms with Crippen LogP contribution in [0.4, 0.5) is 0 Å². The van der Waals surface area contributed by atoms with E-state index < -0.39 is 15.9 Å². The Morgan fingerprint density at radius 3 is 2.41 bits per heavy atom. The van der Waals surface area contributed by atoms with Gasteiger partial charge in [-0.3, -0.25) is 9.59 Å². The van der Waals surface area contributed by atoms with Crippen LogP contribution in [0.3, 0.4) is 0 Å². The number of carbonyl (C=O) groups is 2. The van der Waals surface area contributed by atoms with Crippen molar-refractivity contribution in [2.24, 2.45) is 0 Å². The molecule has 1 N–H and O–H groups in total. The van der Waals surface area contributed by atoms with Crippen LogP contribution in [0, 0.1) is 0 Å². The third kappa shape index (κ3) is 5.54. The zero-order valence-corrected chi connectivity index (χ0v) is 23.6. The number of hydrogen-bond acceptors (Lipinski definition) is 6. The Labute approximate surface area is 239 Å². The van der Waals surface area contributed by atoms with Gasteiger partial charge in [-0.15, -0.1) is 0 Å². The lowest BCUT2D eigenvalue weighted by Gasteiger charge is -2.27. The Morgan fingerprint density at radius 2 is 1.71 bits per heavy atom. The number of nitrogens with one attached hydrogen (secondary N) is 1. The molecule has 41 heavy (non-hydrogen) atoms. The van der Waals surface area contributed by atoms with E-state index in [1.54, 1.807) is 47.8 Å². The fourth-order valence-corrected chi connectivity index (χ4v) is 7.08. The molecule has 2 fully saturated rings. The molecule has 0 atom stereocenters. The van der Waals surface area contributed by atoms with Crippen LogP contribution in [-0.2, 0) is 26.1 Å². The Kier molecular flexibility index (Phi) is 7.68. The van der Waals surface area contributed by atoms with Crippen LogP contribution in [0.2, 0.25) is 0 Å². The molecule has 0 bridgehead atoms. The van der Waals surface area contributed by atoms with Crippen molar-refractivity contribution >= 4 is 32.7 Å². The van der Waals surface area contributed by atoms with E-state index in [0.717, 1.165) is 47.9 Å². The minimum Gasteiger partial charge on any atom is -0.472 e. The standard InChI is InChI=1S/C31H33N3O6S/c35-28(33-14-17-39-18-15-33)20-34-27-19-23(31(36)32-41(37,38)25-9-5-2-6-10-25)11-12-26(27)29(22-7-3-1-4-8-22)30(34)24-13-16-40-21-24/h2,5-6,9-13,16,19,21-22H,1,3-4,7-8,14-15,17-18,20H2,(H,32,36). The largest absolute Gasteiger partial charge is 0.472 e. The number of sulfonamides is 1. The highest BCUT2D eigenvalue weighted by atomic mass is 32.2. The number of ether oxygens (including phenoxy) is 1. The molecule has 214 valence electrons. The SMILES string of the molecule is O=C(NS(=O)(=O)c1ccccc1)c1ccc2c(C3CCCCC3)c(-c3ccoc3)n(CC(=O)N3CCOCC3)c2c1. The molecule has 1 aliphatic heterocycles. The van der Waals surface area contributed by atoms with Crippen LogP contribution in [-0.4, -0.2) is 56.0 Å². The maximum Gasteiger partial charge on any atom is 0.265 e. The smallest absolute Gasteiger partial charge is 0.265 e. The molecular weight excluding hydrogens is 542 g/mol. The van der Waals surface area contributed by atoms with Crippen LogP contribution >= 0.6 is 0 Å². The number of rotatable bonds is 7. The minimum atomic E-state index is -4.05. The second-order valence-electron chi connectivity index (χ2n) is 10.7. The van der Waals surface area contributed by atoms with Crippen molar-refractivity contribution in [1.82, 2.24) is 14.2 Å². The molecule has 0 radical (unpaired) electrons. The molecule has 6 rings (SSSR count). The fourth-order valence-electron chi connectivity index (χ4n) is 6.08. The average Bonchev–Trinajstić information content (AvgIpc) is 3.64. The molecule has 3 heterocycles. The third-order valence-corrected chi connectivity index (χ3v) is 9.46. The zero-order chi connectivity index (χ0) is 28.4. The summed E-state index contributed by atoms with van der Waals surface area (Å²) in [4.78, 5) is 28.6. The number of furan rings is 1. The van der Waals surface area contributed by atoms with Gasteiger partial charge >= 0.3 is 0 Å². The highest BCUT2D eigenvalue weighted by molar-refractivity contribution is 7.90. The molecule has 9 nitrogen and oxygen atoms in total. The molecule has 1 aliphatic carbocycles. The van der Waals surface area contributed by atoms with Crippen LogP contribution in [0.1, 0.15) is 53.9 Å². The second kappa shape index (κ2) is 11.5. The molecule has 2 aromatic carbocycles. The molecule has 1 saturated heterocycles. The number of morpholine rings is 1. The highest BCUT2D eigenvalue weighted by Gasteiger charge is 2.29. The molecule has 0 unspecified atom stereocenters. The molecule has 10 heteroatoms. The Balaban J connectivity index is 1.46. The lowest BCUT2D eigenvalue weighted by molar-refractivity contribution is -0.135. The number of fused-ring (bicyclic) bond motifs is 1. The monoisotopic (exact) mass is 575 g/mol. The van der Waals surface area contributed by atoms with Gasteiger partial charge in [0.15, 0.2) is 0 Å². The van der Waals surface area contributed by atoms with Crippen molar-refractivity contribution in [3.8, 4) is 11.3 Å². The normalized spacial score (nSPS) is 16.6. The van der Waals surface area contributed by atoms with Gasteiger partial charge < -0.3 is 18.6 Å². The van der Waals surface area contributed by atoms with Gasteiger partial charge in [-0.05, 0) is 54.7 Å². The predicted molar refractivity (Wildman–Crippen MR) is 154 cm³/mol. The predicted octanol–water partition coefficient (Wildman–Crippen LogP) is 4.93. The van der Waals surface area contributed by atoms with E-state index in [0.29, 0.717) is 37.7 Å². The summed E-state index contributed by atoms with van der Waals surface area (Å²) in [7, 11) is -4.05. The van der Waals surface area contributed by atoms with Crippen molar-refractivity contribution in [2.75, 3.05) is 26.3 Å². The minimum absolute atomic E-state index is 0.00994. The van der Waals surface area contributed by atoms with Crippen LogP contribution < -0.4 is 4.72 Å². The molecular formula is C31H33N3O6S. The van der Waals surface area contributed by atoms with Crippen molar-refractivity contribution in [3.05, 3.63) is 78.3 Å². The van der Waals surface area contributed by atoms with Gasteiger partial charge in [-0.2, -0.15) is 0 Å². The summed E-state index contributed by atoms with van der Waals surface area (Å²) in [6.45, 7) is 2.14. The summed E-state index contributed by atoms with van der Waals surface area (Å²) in [5, 5.41) is 0.963. The highest BCUT2D eigenvalue weighted by Crippen LogP contribution is 2.44. The Morgan fingerprint density at radius 1 is 0.951 bits per heavy atom. The first-order valence-corrected chi connectivity index (χ1v) is 15.6. The summed E-state index contributed by atoms with van der Waals surface area (Å²) >= 11 is 0. The topological polar surface area (TPSA) is 111 Å². The van der Waals surface area contributed by atoms with Crippen molar-refractivity contribution in [3.63, 3.8) is 0 Å². The van der Waals surface area contributed by atoms with Gasteiger partial charge in [0.25, 0.3) is 15.9 Å². The number of benzene rings is 2. The number of aromatic nitrogens is 1. The van der Waals surface area contributed by atoms with Crippen molar-refractivity contribution in [2.45, 2.75) is 49.5 Å². The fraction of sp³-hybridized carbons (Fsp3) is 0.355. The van der Waals surface area contributed by atoms with Gasteiger partial charge in [0.1, 0.15) is 6.54 Å². The summed E-state index contributed by atoms with van der Waals surface area (Å²) in [5.74, 6) is -0.465. The Bertz CT molecular complexity index is 1650. The van der Waals surface area contributed by atoms with E-state index in [2.05, 4.69) is 4.72 Å². The first kappa shape index (κ1) is 27.3. The number of carbonyl (C=O) groups excluding carboxylic acids is 2. The summed E-state index contributed by atoms with van der Waals surface area (Å²) < 4.78 is 40.9. The van der Waals surface area contributed by atoms with Gasteiger partial charge in [-0.1, -0.05) is 43.5 Å². The van der Waals surface area contributed by atoms with Gasteiger partial charge in [-0.25, -0.2) is 13.1 Å². The molecule has 2 aromatic heterocycles. The van der Waals surface area contributed by atoms with E-state index in [4.69, 9.17) is 9.15 Å². The second-order valence-corrected chi connectivity index (χ2v) is 12.4. The number of nitrogens with zero attached hydrogens (tertiary/aromatic N) is 2. The summed E-state index contributed by atoms with van der Waals surface area (Å²) in [5.41, 5.74) is 3.85. The van der Waals surface area contributed by atoms with Gasteiger partial charge in [0, 0.05) is 29.6 Å². The third-order valence-electron chi connectivity index (χ3n) is 8.11. The first-order valence-electron chi connectivity index (χ1n) is 14.1. The van der Waals surface area contributed by atoms with Crippen LogP contribution in [0.5, 0.6) is 0 Å². The van der Waals surface area contributed by atoms with Gasteiger partial charge in [0.2, 0.25) is 5.91 Å². The van der Waals surface area contributed by atoms with E-state index in [1.165, 1.54) is 18.6 Å². The van der Waals surface area contributed by atoms with E-state index in [-0.39, 0.29) is 22.9 Å². The Hall–Kier alpha value is -3.89. The first-order chi connectivity index (χ1) is 19.9. The number of hydrogen-bond donors (Lipinski definition) is 1. The lowest BCUT2D eigenvalue weighted by Crippen LogP contribution is -2.42. The molecule has 2 aliphatic rings.